The molecule has 5 rings (SSSR count). The zero-order chi connectivity index (χ0) is 37.0. The number of hydrogen-bond donors (Lipinski definition) is 4. The van der Waals surface area contributed by atoms with Crippen LogP contribution < -0.4 is 20.7 Å². The summed E-state index contributed by atoms with van der Waals surface area (Å²) in [6.07, 6.45) is 5.84. The van der Waals surface area contributed by atoms with Gasteiger partial charge in [0.05, 0.1) is 12.3 Å². The monoisotopic (exact) mass is 723 g/mol. The second kappa shape index (κ2) is 18.4. The fraction of sp³-hybridized carbons (Fsp3) is 0.583. The van der Waals surface area contributed by atoms with Crippen LogP contribution in [0.3, 0.4) is 0 Å². The number of carbonyl (C=O) groups is 6. The lowest BCUT2D eigenvalue weighted by molar-refractivity contribution is -0.140. The predicted octanol–water partition coefficient (Wildman–Crippen LogP) is 2.39. The lowest BCUT2D eigenvalue weighted by Crippen LogP contribution is -2.53. The predicted molar refractivity (Wildman–Crippen MR) is 187 cm³/mol. The van der Waals surface area contributed by atoms with E-state index in [9.17, 15) is 33.9 Å². The van der Waals surface area contributed by atoms with Crippen molar-refractivity contribution in [2.75, 3.05) is 32.8 Å². The van der Waals surface area contributed by atoms with Gasteiger partial charge in [-0.2, -0.15) is 5.10 Å². The highest BCUT2D eigenvalue weighted by Gasteiger charge is 2.36. The number of alkyl carbamates (subject to hydrolysis) is 1. The van der Waals surface area contributed by atoms with Crippen LogP contribution in [0.1, 0.15) is 88.0 Å². The summed E-state index contributed by atoms with van der Waals surface area (Å²) in [5, 5.41) is 22.3. The van der Waals surface area contributed by atoms with Gasteiger partial charge in [-0.15, -0.1) is 0 Å². The van der Waals surface area contributed by atoms with Gasteiger partial charge in [0.1, 0.15) is 12.1 Å². The molecule has 52 heavy (non-hydrogen) atoms. The van der Waals surface area contributed by atoms with Crippen molar-refractivity contribution in [3.63, 3.8) is 0 Å². The van der Waals surface area contributed by atoms with Crippen LogP contribution in [0.4, 0.5) is 4.79 Å². The lowest BCUT2D eigenvalue weighted by atomic mass is 9.93. The summed E-state index contributed by atoms with van der Waals surface area (Å²) >= 11 is 0. The third-order valence-corrected chi connectivity index (χ3v) is 9.69. The van der Waals surface area contributed by atoms with E-state index in [0.717, 1.165) is 32.1 Å². The first-order valence-electron chi connectivity index (χ1n) is 18.3. The smallest absolute Gasteiger partial charge is 0.407 e. The number of amides is 5. The third-order valence-electron chi connectivity index (χ3n) is 9.69. The minimum absolute atomic E-state index is 0.0931. The summed E-state index contributed by atoms with van der Waals surface area (Å²) in [5.74, 6) is -2.72. The average molecular weight is 724 g/mol. The molecule has 0 radical (unpaired) electrons. The molecule has 5 amide bonds. The number of piperidine rings is 1. The van der Waals surface area contributed by atoms with Crippen LogP contribution in [0.5, 0.6) is 5.88 Å². The van der Waals surface area contributed by atoms with E-state index >= 15 is 0 Å². The number of unbranched alkanes of at least 4 members (excludes halogenated alkanes) is 1. The third kappa shape index (κ3) is 10.2. The molecular weight excluding hydrogens is 674 g/mol. The van der Waals surface area contributed by atoms with Crippen molar-refractivity contribution >= 4 is 35.7 Å². The highest BCUT2D eigenvalue weighted by Crippen LogP contribution is 2.24. The molecule has 0 spiro atoms. The molecule has 1 aromatic carbocycles. The Bertz CT molecular complexity index is 1570. The maximum Gasteiger partial charge on any atom is 0.407 e. The average Bonchev–Trinajstić information content (AvgIpc) is 3.79. The highest BCUT2D eigenvalue weighted by atomic mass is 16.5. The second-order valence-electron chi connectivity index (χ2n) is 13.5. The molecule has 282 valence electrons. The molecule has 1 saturated carbocycles. The quantitative estimate of drug-likeness (QED) is 0.186. The van der Waals surface area contributed by atoms with Gasteiger partial charge in [-0.05, 0) is 69.9 Å². The minimum atomic E-state index is -1.15. The highest BCUT2D eigenvalue weighted by molar-refractivity contribution is 5.96. The Hall–Kier alpha value is -5.15. The molecule has 0 bridgehead atoms. The van der Waals surface area contributed by atoms with Crippen molar-refractivity contribution in [1.82, 2.24) is 35.5 Å². The molecule has 2 saturated heterocycles. The van der Waals surface area contributed by atoms with E-state index in [-0.39, 0.29) is 48.3 Å². The number of aromatic nitrogens is 2. The van der Waals surface area contributed by atoms with E-state index in [0.29, 0.717) is 57.6 Å². The van der Waals surface area contributed by atoms with Gasteiger partial charge in [0, 0.05) is 44.2 Å². The Morgan fingerprint density at radius 3 is 2.35 bits per heavy atom. The zero-order valence-corrected chi connectivity index (χ0v) is 29.6. The SMILES string of the molecule is CCCCOC(=O)NC1CCN(C(=O)[C@H](CCC(=O)O)NC(=O)c2cc(OCC(=O)N3CCC[C@H]3C(=O)NC3CCC3)n(-c3ccccc3)n2)CC1. The number of rotatable bonds is 16. The van der Waals surface area contributed by atoms with Crippen LogP contribution in [-0.2, 0) is 23.9 Å². The lowest BCUT2D eigenvalue weighted by Gasteiger charge is -2.34. The van der Waals surface area contributed by atoms with Crippen molar-refractivity contribution in [3.8, 4) is 11.6 Å². The topological polar surface area (TPSA) is 202 Å². The van der Waals surface area contributed by atoms with Gasteiger partial charge >= 0.3 is 12.1 Å². The van der Waals surface area contributed by atoms with E-state index < -0.39 is 42.6 Å². The Labute approximate surface area is 302 Å². The molecule has 2 aliphatic heterocycles. The van der Waals surface area contributed by atoms with Crippen molar-refractivity contribution in [1.29, 1.82) is 0 Å². The normalized spacial score (nSPS) is 18.2. The van der Waals surface area contributed by atoms with Crippen LogP contribution in [-0.4, -0.2) is 117 Å². The Morgan fingerprint density at radius 1 is 0.942 bits per heavy atom. The van der Waals surface area contributed by atoms with Crippen molar-refractivity contribution in [3.05, 3.63) is 42.1 Å². The summed E-state index contributed by atoms with van der Waals surface area (Å²) in [5.41, 5.74) is 0.440. The molecule has 0 unspecified atom stereocenters. The van der Waals surface area contributed by atoms with Crippen LogP contribution in [0.15, 0.2) is 36.4 Å². The molecule has 4 N–H and O–H groups in total. The largest absolute Gasteiger partial charge is 0.481 e. The molecule has 1 aromatic heterocycles. The van der Waals surface area contributed by atoms with Gasteiger partial charge in [0.25, 0.3) is 11.8 Å². The van der Waals surface area contributed by atoms with Gasteiger partial charge in [0.15, 0.2) is 12.3 Å². The first kappa shape index (κ1) is 38.1. The van der Waals surface area contributed by atoms with Gasteiger partial charge in [-0.3, -0.25) is 24.0 Å². The number of hydrogen-bond acceptors (Lipinski definition) is 9. The van der Waals surface area contributed by atoms with Gasteiger partial charge in [-0.25, -0.2) is 9.48 Å². The van der Waals surface area contributed by atoms with Gasteiger partial charge in [0.2, 0.25) is 17.7 Å². The number of aliphatic carboxylic acids is 1. The Balaban J connectivity index is 1.23. The van der Waals surface area contributed by atoms with E-state index in [4.69, 9.17) is 9.47 Å². The van der Waals surface area contributed by atoms with Crippen molar-refractivity contribution in [2.24, 2.45) is 0 Å². The zero-order valence-electron chi connectivity index (χ0n) is 29.6. The van der Waals surface area contributed by atoms with Crippen LogP contribution in [0.25, 0.3) is 5.69 Å². The molecule has 3 fully saturated rings. The first-order chi connectivity index (χ1) is 25.1. The number of nitrogens with one attached hydrogen (secondary N) is 3. The molecule has 3 heterocycles. The summed E-state index contributed by atoms with van der Waals surface area (Å²) in [6, 6.07) is 8.46. The van der Waals surface area contributed by atoms with Crippen LogP contribution in [0, 0.1) is 0 Å². The molecular formula is C36H49N7O9. The van der Waals surface area contributed by atoms with E-state index in [1.165, 1.54) is 15.6 Å². The fourth-order valence-electron chi connectivity index (χ4n) is 6.48. The number of carbonyl (C=O) groups excluding carboxylic acids is 5. The standard InChI is InChI=1S/C36H49N7O9/c1-2-3-21-51-36(50)38-25-16-19-41(20-17-25)35(49)27(14-15-32(45)46)39-33(47)28-22-31(43(40-28)26-11-5-4-6-12-26)52-23-30(44)42-18-8-13-29(42)34(48)37-24-9-7-10-24/h4-6,11-12,22,24-25,27,29H,2-3,7-10,13-21,23H2,1H3,(H,37,48)(H,38,50)(H,39,47)(H,45,46)/t27-,29-/m0/s1. The maximum absolute atomic E-state index is 13.6. The molecule has 2 atom stereocenters. The molecule has 2 aromatic rings. The van der Waals surface area contributed by atoms with Crippen molar-refractivity contribution in [2.45, 2.75) is 102 Å². The van der Waals surface area contributed by atoms with Gasteiger partial charge < -0.3 is 40.3 Å². The number of nitrogens with zero attached hydrogens (tertiary/aromatic N) is 4. The number of likely N-dealkylation sites (tertiary alicyclic amines) is 2. The summed E-state index contributed by atoms with van der Waals surface area (Å²) in [4.78, 5) is 80.0. The van der Waals surface area contributed by atoms with Crippen molar-refractivity contribution < 1.29 is 43.3 Å². The number of ether oxygens (including phenoxy) is 2. The number of para-hydroxylation sites is 1. The fourth-order valence-corrected chi connectivity index (χ4v) is 6.48. The van der Waals surface area contributed by atoms with Crippen LogP contribution >= 0.6 is 0 Å². The Kier molecular flexibility index (Phi) is 13.5. The number of carboxylic acids is 1. The van der Waals surface area contributed by atoms with E-state index in [1.807, 2.05) is 13.0 Å². The summed E-state index contributed by atoms with van der Waals surface area (Å²) in [6.45, 7) is 2.97. The molecule has 16 nitrogen and oxygen atoms in total. The molecule has 16 heteroatoms. The Morgan fingerprint density at radius 2 is 1.67 bits per heavy atom. The first-order valence-corrected chi connectivity index (χ1v) is 18.3. The summed E-state index contributed by atoms with van der Waals surface area (Å²) < 4.78 is 12.5. The molecule has 1 aliphatic carbocycles. The number of benzene rings is 1. The van der Waals surface area contributed by atoms with E-state index in [1.54, 1.807) is 29.2 Å². The van der Waals surface area contributed by atoms with Gasteiger partial charge in [-0.1, -0.05) is 31.5 Å². The summed E-state index contributed by atoms with van der Waals surface area (Å²) in [7, 11) is 0. The minimum Gasteiger partial charge on any atom is -0.481 e. The maximum atomic E-state index is 13.6. The second-order valence-corrected chi connectivity index (χ2v) is 13.5. The van der Waals surface area contributed by atoms with Crippen LogP contribution in [0.2, 0.25) is 0 Å². The van der Waals surface area contributed by atoms with E-state index in [2.05, 4.69) is 21.0 Å². The number of carboxylic acid groups (broad SMARTS) is 1. The molecule has 3 aliphatic rings.